The largest absolute Gasteiger partial charge is 0.339 e. The number of nitrogens with one attached hydrogen (secondary N) is 2. The van der Waals surface area contributed by atoms with Gasteiger partial charge in [-0.3, -0.25) is 9.59 Å². The molecule has 0 aliphatic carbocycles. The van der Waals surface area contributed by atoms with Gasteiger partial charge in [-0.05, 0) is 55.8 Å². The first kappa shape index (κ1) is 21.6. The second-order valence-electron chi connectivity index (χ2n) is 8.43. The summed E-state index contributed by atoms with van der Waals surface area (Å²) in [7, 11) is 0. The lowest BCUT2D eigenvalue weighted by Gasteiger charge is -2.32. The van der Waals surface area contributed by atoms with E-state index in [4.69, 9.17) is 5.10 Å². The Bertz CT molecular complexity index is 1360. The molecule has 0 unspecified atom stereocenters. The summed E-state index contributed by atoms with van der Waals surface area (Å²) in [6.07, 6.45) is 0. The molecule has 1 aliphatic rings. The molecule has 3 aromatic carbocycles. The molecule has 7 heteroatoms. The lowest BCUT2D eigenvalue weighted by atomic mass is 9.82. The number of hydrogen-bond donors (Lipinski definition) is 2. The SMILES string of the molecule is Cc1ccc(-n2nc(C)c3c2NC(=O)[C@@H](NC(=O)c2ccccc2)[C@@H]3c2ccc(F)cc2)cc1. The van der Waals surface area contributed by atoms with E-state index in [2.05, 4.69) is 10.6 Å². The van der Waals surface area contributed by atoms with Crippen LogP contribution in [0.25, 0.3) is 5.69 Å². The number of nitrogens with zero attached hydrogens (tertiary/aromatic N) is 2. The highest BCUT2D eigenvalue weighted by molar-refractivity contribution is 6.04. The minimum Gasteiger partial charge on any atom is -0.339 e. The molecular formula is C27H23FN4O2. The molecule has 2 heterocycles. The average molecular weight is 455 g/mol. The van der Waals surface area contributed by atoms with E-state index in [1.54, 1.807) is 41.1 Å². The van der Waals surface area contributed by atoms with Gasteiger partial charge in [-0.2, -0.15) is 5.10 Å². The van der Waals surface area contributed by atoms with Crippen LogP contribution in [-0.2, 0) is 4.79 Å². The fourth-order valence-corrected chi connectivity index (χ4v) is 4.41. The summed E-state index contributed by atoms with van der Waals surface area (Å²) in [6.45, 7) is 3.87. The summed E-state index contributed by atoms with van der Waals surface area (Å²) in [6, 6.07) is 21.7. The highest BCUT2D eigenvalue weighted by Gasteiger charge is 2.41. The zero-order valence-corrected chi connectivity index (χ0v) is 18.7. The molecule has 34 heavy (non-hydrogen) atoms. The van der Waals surface area contributed by atoms with Crippen LogP contribution < -0.4 is 10.6 Å². The molecular weight excluding hydrogens is 431 g/mol. The lowest BCUT2D eigenvalue weighted by Crippen LogP contribution is -2.50. The Morgan fingerprint density at radius 1 is 0.971 bits per heavy atom. The van der Waals surface area contributed by atoms with Crippen LogP contribution in [0.15, 0.2) is 78.9 Å². The molecule has 2 amide bonds. The fraction of sp³-hybridized carbons (Fsp3) is 0.148. The summed E-state index contributed by atoms with van der Waals surface area (Å²) < 4.78 is 15.4. The summed E-state index contributed by atoms with van der Waals surface area (Å²) in [5.41, 5.74) is 4.57. The fourth-order valence-electron chi connectivity index (χ4n) is 4.41. The normalized spacial score (nSPS) is 17.1. The number of aromatic nitrogens is 2. The van der Waals surface area contributed by atoms with Crippen molar-refractivity contribution in [2.24, 2.45) is 0 Å². The highest BCUT2D eigenvalue weighted by Crippen LogP contribution is 2.40. The van der Waals surface area contributed by atoms with Crippen LogP contribution in [0.5, 0.6) is 0 Å². The number of carbonyl (C=O) groups is 2. The highest BCUT2D eigenvalue weighted by atomic mass is 19.1. The zero-order valence-electron chi connectivity index (χ0n) is 18.7. The van der Waals surface area contributed by atoms with Gasteiger partial charge in [0.25, 0.3) is 5.91 Å². The smallest absolute Gasteiger partial charge is 0.251 e. The van der Waals surface area contributed by atoms with Crippen molar-refractivity contribution in [3.63, 3.8) is 0 Å². The van der Waals surface area contributed by atoms with E-state index in [1.165, 1.54) is 12.1 Å². The van der Waals surface area contributed by atoms with Gasteiger partial charge in [0.15, 0.2) is 0 Å². The van der Waals surface area contributed by atoms with Crippen molar-refractivity contribution in [1.29, 1.82) is 0 Å². The van der Waals surface area contributed by atoms with Crippen LogP contribution in [0, 0.1) is 19.7 Å². The summed E-state index contributed by atoms with van der Waals surface area (Å²) in [4.78, 5) is 26.4. The van der Waals surface area contributed by atoms with E-state index in [9.17, 15) is 14.0 Å². The van der Waals surface area contributed by atoms with Gasteiger partial charge in [0.05, 0.1) is 11.4 Å². The van der Waals surface area contributed by atoms with Crippen molar-refractivity contribution in [3.05, 3.63) is 113 Å². The number of rotatable bonds is 4. The molecule has 2 N–H and O–H groups in total. The number of halogens is 1. The van der Waals surface area contributed by atoms with E-state index in [0.29, 0.717) is 22.6 Å². The van der Waals surface area contributed by atoms with Gasteiger partial charge in [-0.15, -0.1) is 0 Å². The van der Waals surface area contributed by atoms with Crippen molar-refractivity contribution in [1.82, 2.24) is 15.1 Å². The third-order valence-corrected chi connectivity index (χ3v) is 6.11. The zero-order chi connectivity index (χ0) is 23.8. The van der Waals surface area contributed by atoms with Gasteiger partial charge in [0, 0.05) is 17.0 Å². The molecule has 0 bridgehead atoms. The molecule has 0 saturated carbocycles. The number of amides is 2. The maximum Gasteiger partial charge on any atom is 0.251 e. The van der Waals surface area contributed by atoms with Gasteiger partial charge >= 0.3 is 0 Å². The van der Waals surface area contributed by atoms with Crippen LogP contribution in [0.1, 0.15) is 38.7 Å². The van der Waals surface area contributed by atoms with Gasteiger partial charge in [0.2, 0.25) is 5.91 Å². The quantitative estimate of drug-likeness (QED) is 0.476. The van der Waals surface area contributed by atoms with Crippen molar-refractivity contribution in [2.75, 3.05) is 5.32 Å². The maximum atomic E-state index is 13.7. The first-order chi connectivity index (χ1) is 16.4. The first-order valence-electron chi connectivity index (χ1n) is 11.0. The Hall–Kier alpha value is -4.26. The average Bonchev–Trinajstić information content (AvgIpc) is 3.17. The molecule has 1 aromatic heterocycles. The monoisotopic (exact) mass is 454 g/mol. The van der Waals surface area contributed by atoms with Crippen LogP contribution in [-0.4, -0.2) is 27.6 Å². The van der Waals surface area contributed by atoms with Crippen LogP contribution >= 0.6 is 0 Å². The van der Waals surface area contributed by atoms with E-state index in [1.807, 2.05) is 44.2 Å². The van der Waals surface area contributed by atoms with Gasteiger partial charge < -0.3 is 10.6 Å². The Morgan fingerprint density at radius 2 is 1.65 bits per heavy atom. The van der Waals surface area contributed by atoms with E-state index < -0.39 is 12.0 Å². The Balaban J connectivity index is 1.62. The molecule has 4 aromatic rings. The summed E-state index contributed by atoms with van der Waals surface area (Å²) in [5, 5.41) is 10.6. The Morgan fingerprint density at radius 3 is 2.32 bits per heavy atom. The number of benzene rings is 3. The number of hydrogen-bond acceptors (Lipinski definition) is 3. The number of anilines is 1. The van der Waals surface area contributed by atoms with Gasteiger partial charge in [-0.25, -0.2) is 9.07 Å². The van der Waals surface area contributed by atoms with Crippen molar-refractivity contribution in [3.8, 4) is 5.69 Å². The Kier molecular flexibility index (Phi) is 5.45. The number of aryl methyl sites for hydroxylation is 2. The van der Waals surface area contributed by atoms with Crippen molar-refractivity contribution >= 4 is 17.6 Å². The molecule has 1 aliphatic heterocycles. The predicted octanol–water partition coefficient (Wildman–Crippen LogP) is 4.51. The minimum absolute atomic E-state index is 0.361. The number of carbonyl (C=O) groups excluding carboxylic acids is 2. The summed E-state index contributed by atoms with van der Waals surface area (Å²) in [5.74, 6) is -1.09. The molecule has 0 saturated heterocycles. The molecule has 170 valence electrons. The third-order valence-electron chi connectivity index (χ3n) is 6.11. The van der Waals surface area contributed by atoms with Gasteiger partial charge in [0.1, 0.15) is 17.7 Å². The lowest BCUT2D eigenvalue weighted by molar-refractivity contribution is -0.118. The van der Waals surface area contributed by atoms with Gasteiger partial charge in [-0.1, -0.05) is 48.0 Å². The molecule has 2 atom stereocenters. The molecule has 0 fully saturated rings. The van der Waals surface area contributed by atoms with E-state index in [0.717, 1.165) is 16.8 Å². The third kappa shape index (κ3) is 3.85. The van der Waals surface area contributed by atoms with Crippen molar-refractivity contribution < 1.29 is 14.0 Å². The first-order valence-corrected chi connectivity index (χ1v) is 11.0. The molecule has 0 radical (unpaired) electrons. The summed E-state index contributed by atoms with van der Waals surface area (Å²) >= 11 is 0. The number of fused-ring (bicyclic) bond motifs is 1. The topological polar surface area (TPSA) is 76.0 Å². The Labute approximate surface area is 196 Å². The molecule has 5 rings (SSSR count). The predicted molar refractivity (Wildman–Crippen MR) is 128 cm³/mol. The van der Waals surface area contributed by atoms with E-state index in [-0.39, 0.29) is 17.6 Å². The second kappa shape index (κ2) is 8.59. The standard InChI is InChI=1S/C27H23FN4O2/c1-16-8-14-21(15-9-16)32-25-22(17(2)31-32)23(18-10-12-20(28)13-11-18)24(27(34)30-25)29-26(33)19-6-4-3-5-7-19/h3-15,23-24H,1-2H3,(H,29,33)(H,30,34)/t23-,24+/m1/s1. The van der Waals surface area contributed by atoms with Crippen LogP contribution in [0.3, 0.4) is 0 Å². The second-order valence-corrected chi connectivity index (χ2v) is 8.43. The minimum atomic E-state index is -0.903. The van der Waals surface area contributed by atoms with Crippen LogP contribution in [0.4, 0.5) is 10.2 Å². The van der Waals surface area contributed by atoms with E-state index >= 15 is 0 Å². The molecule has 6 nitrogen and oxygen atoms in total. The maximum absolute atomic E-state index is 13.7. The van der Waals surface area contributed by atoms with Crippen LogP contribution in [0.2, 0.25) is 0 Å². The molecule has 0 spiro atoms. The van der Waals surface area contributed by atoms with Crippen molar-refractivity contribution in [2.45, 2.75) is 25.8 Å².